The molecule has 0 radical (unpaired) electrons. The van der Waals surface area contributed by atoms with E-state index >= 15 is 0 Å². The molecule has 0 bridgehead atoms. The van der Waals surface area contributed by atoms with Crippen molar-refractivity contribution in [3.8, 4) is 6.07 Å². The Hall–Kier alpha value is -0.850. The number of nitrogens with two attached hydrogens (primary N) is 1. The normalized spacial score (nSPS) is 12.1. The third-order valence-corrected chi connectivity index (χ3v) is 0.501. The van der Waals surface area contributed by atoms with Gasteiger partial charge in [0, 0.05) is 0 Å². The molecule has 3 N–H and O–H groups in total. The van der Waals surface area contributed by atoms with Gasteiger partial charge in [0.1, 0.15) is 6.23 Å². The van der Waals surface area contributed by atoms with Gasteiger partial charge in [-0.05, 0) is 0 Å². The van der Waals surface area contributed by atoms with Crippen LogP contribution < -0.4 is 5.73 Å². The zero-order valence-electron chi connectivity index (χ0n) is 3.76. The molecule has 1 atom stereocenters. The molecule has 0 fully saturated rings. The molecule has 0 heterocycles. The quantitative estimate of drug-likeness (QED) is 0.338. The van der Waals surface area contributed by atoms with Crippen molar-refractivity contribution in [2.24, 2.45) is 5.73 Å². The van der Waals surface area contributed by atoms with Crippen molar-refractivity contribution >= 4 is 0 Å². The van der Waals surface area contributed by atoms with Gasteiger partial charge in [-0.1, -0.05) is 6.58 Å². The molecule has 0 aliphatic rings. The summed E-state index contributed by atoms with van der Waals surface area (Å²) in [6.07, 6.45) is -1.19. The van der Waals surface area contributed by atoms with Gasteiger partial charge in [-0.2, -0.15) is 5.26 Å². The predicted molar refractivity (Wildman–Crippen MR) is 24.9 cm³/mol. The summed E-state index contributed by atoms with van der Waals surface area (Å²) in [5.74, 6) is 0. The van der Waals surface area contributed by atoms with Gasteiger partial charge in [-0.3, -0.25) is 0 Å². The van der Waals surface area contributed by atoms with Crippen LogP contribution >= 0.6 is 0 Å². The van der Waals surface area contributed by atoms with Gasteiger partial charge in [0.2, 0.25) is 0 Å². The number of hydrogen-bond donors (Lipinski definition) is 2. The highest BCUT2D eigenvalue weighted by molar-refractivity contribution is 5.18. The second-order valence-electron chi connectivity index (χ2n) is 1.08. The average molecular weight is 98.1 g/mol. The minimum Gasteiger partial charge on any atom is -0.374 e. The molecule has 38 valence electrons. The molecular formula is C4H6N2O. The first kappa shape index (κ1) is 6.15. The third-order valence-electron chi connectivity index (χ3n) is 0.501. The molecule has 0 spiro atoms. The van der Waals surface area contributed by atoms with Crippen LogP contribution in [0.25, 0.3) is 0 Å². The fraction of sp³-hybridized carbons (Fsp3) is 0.250. The standard InChI is InChI=1S/C4H6N2O/c1-3(2-5)4(6)7/h4,7H,1,6H2. The van der Waals surface area contributed by atoms with Crippen molar-refractivity contribution in [1.82, 2.24) is 0 Å². The van der Waals surface area contributed by atoms with Crippen LogP contribution in [0.5, 0.6) is 0 Å². The topological polar surface area (TPSA) is 70.0 Å². The minimum atomic E-state index is -1.19. The van der Waals surface area contributed by atoms with E-state index in [-0.39, 0.29) is 5.57 Å². The van der Waals surface area contributed by atoms with Crippen LogP contribution in [0.1, 0.15) is 0 Å². The maximum Gasteiger partial charge on any atom is 0.137 e. The first-order valence-corrected chi connectivity index (χ1v) is 1.71. The van der Waals surface area contributed by atoms with E-state index in [4.69, 9.17) is 16.1 Å². The lowest BCUT2D eigenvalue weighted by Gasteiger charge is -1.94. The van der Waals surface area contributed by atoms with Crippen molar-refractivity contribution in [3.05, 3.63) is 12.2 Å². The van der Waals surface area contributed by atoms with Crippen LogP contribution in [0, 0.1) is 11.3 Å². The predicted octanol–water partition coefficient (Wildman–Crippen LogP) is -0.657. The van der Waals surface area contributed by atoms with Gasteiger partial charge in [0.15, 0.2) is 0 Å². The molecule has 0 rings (SSSR count). The Bertz CT molecular complexity index is 111. The Morgan fingerprint density at radius 1 is 2.00 bits per heavy atom. The molecule has 0 aliphatic heterocycles. The molecular weight excluding hydrogens is 92.1 g/mol. The largest absolute Gasteiger partial charge is 0.374 e. The SMILES string of the molecule is C=C(C#N)C(N)O. The maximum atomic E-state index is 8.28. The van der Waals surface area contributed by atoms with Crippen LogP contribution in [-0.2, 0) is 0 Å². The minimum absolute atomic E-state index is 0.0139. The lowest BCUT2D eigenvalue weighted by molar-refractivity contribution is 0.224. The summed E-state index contributed by atoms with van der Waals surface area (Å²) < 4.78 is 0. The van der Waals surface area contributed by atoms with Gasteiger partial charge < -0.3 is 10.8 Å². The first-order valence-electron chi connectivity index (χ1n) is 1.71. The molecule has 0 aliphatic carbocycles. The van der Waals surface area contributed by atoms with Crippen molar-refractivity contribution in [3.63, 3.8) is 0 Å². The summed E-state index contributed by atoms with van der Waals surface area (Å²) in [6.45, 7) is 3.14. The van der Waals surface area contributed by atoms with E-state index in [9.17, 15) is 0 Å². The Morgan fingerprint density at radius 2 is 2.43 bits per heavy atom. The highest BCUT2D eigenvalue weighted by Gasteiger charge is 1.96. The van der Waals surface area contributed by atoms with Crippen LogP contribution in [0.4, 0.5) is 0 Å². The summed E-state index contributed by atoms with van der Waals surface area (Å²) >= 11 is 0. The van der Waals surface area contributed by atoms with Crippen molar-refractivity contribution in [2.45, 2.75) is 6.23 Å². The molecule has 0 saturated heterocycles. The zero-order valence-corrected chi connectivity index (χ0v) is 3.76. The molecule has 7 heavy (non-hydrogen) atoms. The van der Waals surface area contributed by atoms with Gasteiger partial charge >= 0.3 is 0 Å². The average Bonchev–Trinajstić information content (AvgIpc) is 1.65. The Labute approximate surface area is 41.7 Å². The van der Waals surface area contributed by atoms with E-state index in [1.165, 1.54) is 0 Å². The monoisotopic (exact) mass is 98.0 g/mol. The van der Waals surface area contributed by atoms with Gasteiger partial charge in [-0.15, -0.1) is 0 Å². The summed E-state index contributed by atoms with van der Waals surface area (Å²) in [5.41, 5.74) is 4.77. The number of nitriles is 1. The Morgan fingerprint density at radius 3 is 2.43 bits per heavy atom. The van der Waals surface area contributed by atoms with E-state index < -0.39 is 6.23 Å². The molecule has 3 nitrogen and oxygen atoms in total. The second kappa shape index (κ2) is 2.35. The van der Waals surface area contributed by atoms with E-state index in [1.807, 2.05) is 0 Å². The Kier molecular flexibility index (Phi) is 2.06. The molecule has 1 unspecified atom stereocenters. The van der Waals surface area contributed by atoms with E-state index in [0.717, 1.165) is 0 Å². The van der Waals surface area contributed by atoms with Crippen LogP contribution in [0.3, 0.4) is 0 Å². The summed E-state index contributed by atoms with van der Waals surface area (Å²) in [7, 11) is 0. The van der Waals surface area contributed by atoms with E-state index in [0.29, 0.717) is 0 Å². The van der Waals surface area contributed by atoms with Crippen LogP contribution in [-0.4, -0.2) is 11.3 Å². The van der Waals surface area contributed by atoms with E-state index in [2.05, 4.69) is 6.58 Å². The van der Waals surface area contributed by atoms with Crippen LogP contribution in [0.15, 0.2) is 12.2 Å². The van der Waals surface area contributed by atoms with Crippen molar-refractivity contribution < 1.29 is 5.11 Å². The lowest BCUT2D eigenvalue weighted by atomic mass is 10.3. The molecule has 0 amide bonds. The third kappa shape index (κ3) is 1.93. The summed E-state index contributed by atoms with van der Waals surface area (Å²) in [6, 6.07) is 1.59. The number of aliphatic hydroxyl groups is 1. The highest BCUT2D eigenvalue weighted by atomic mass is 16.3. The van der Waals surface area contributed by atoms with E-state index in [1.54, 1.807) is 6.07 Å². The number of aliphatic hydroxyl groups excluding tert-OH is 1. The molecule has 0 aromatic rings. The summed E-state index contributed by atoms with van der Waals surface area (Å²) in [5, 5.41) is 16.2. The van der Waals surface area contributed by atoms with Gasteiger partial charge in [0.05, 0.1) is 11.6 Å². The maximum absolute atomic E-state index is 8.28. The number of rotatable bonds is 1. The second-order valence-corrected chi connectivity index (χ2v) is 1.08. The fourth-order valence-corrected chi connectivity index (χ4v) is 0.0661. The van der Waals surface area contributed by atoms with Crippen LogP contribution in [0.2, 0.25) is 0 Å². The molecule has 0 saturated carbocycles. The smallest absolute Gasteiger partial charge is 0.137 e. The lowest BCUT2D eigenvalue weighted by Crippen LogP contribution is -2.19. The molecule has 0 aromatic heterocycles. The van der Waals surface area contributed by atoms with Gasteiger partial charge in [-0.25, -0.2) is 0 Å². The summed E-state index contributed by atoms with van der Waals surface area (Å²) in [4.78, 5) is 0. The number of nitrogens with zero attached hydrogens (tertiary/aromatic N) is 1. The zero-order chi connectivity index (χ0) is 5.86. The Balaban J connectivity index is 3.64. The highest BCUT2D eigenvalue weighted by Crippen LogP contribution is 1.86. The van der Waals surface area contributed by atoms with Crippen molar-refractivity contribution in [1.29, 1.82) is 5.26 Å². The molecule has 3 heteroatoms. The fourth-order valence-electron chi connectivity index (χ4n) is 0.0661. The van der Waals surface area contributed by atoms with Crippen molar-refractivity contribution in [2.75, 3.05) is 0 Å². The van der Waals surface area contributed by atoms with Gasteiger partial charge in [0.25, 0.3) is 0 Å². The first-order chi connectivity index (χ1) is 3.18. The molecule has 0 aromatic carbocycles. The number of hydrogen-bond acceptors (Lipinski definition) is 3.